The maximum Gasteiger partial charge on any atom is 0.273 e. The van der Waals surface area contributed by atoms with Gasteiger partial charge in [0.15, 0.2) is 5.15 Å². The molecular formula is C13H9Cl3N2O2. The van der Waals surface area contributed by atoms with Gasteiger partial charge in [0.2, 0.25) is 0 Å². The zero-order valence-electron chi connectivity index (χ0n) is 10.2. The maximum atomic E-state index is 12.0. The second-order valence-electron chi connectivity index (χ2n) is 4.43. The van der Waals surface area contributed by atoms with Gasteiger partial charge >= 0.3 is 0 Å². The first-order valence-electron chi connectivity index (χ1n) is 5.91. The van der Waals surface area contributed by atoms with E-state index in [4.69, 9.17) is 39.5 Å². The number of ether oxygens (including phenoxy) is 1. The minimum Gasteiger partial charge on any atom is -0.493 e. The summed E-state index contributed by atoms with van der Waals surface area (Å²) in [6.07, 6.45) is 2.18. The molecule has 0 unspecified atom stereocenters. The molecule has 20 heavy (non-hydrogen) atoms. The highest BCUT2D eigenvalue weighted by Crippen LogP contribution is 2.33. The standard InChI is InChI=1S/C13H9Cl3N2O2/c14-9-3-7-1-2-20-11(7)8(4-9)5-18-6-17-12(16)10(15)13(18)19/h3-4,6H,1-2,5H2. The summed E-state index contributed by atoms with van der Waals surface area (Å²) in [6.45, 7) is 0.906. The molecule has 1 aliphatic heterocycles. The predicted molar refractivity (Wildman–Crippen MR) is 78.3 cm³/mol. The molecule has 0 saturated heterocycles. The van der Waals surface area contributed by atoms with Crippen molar-refractivity contribution in [2.24, 2.45) is 0 Å². The largest absolute Gasteiger partial charge is 0.493 e. The fourth-order valence-corrected chi connectivity index (χ4v) is 2.75. The first-order valence-corrected chi connectivity index (χ1v) is 7.04. The molecule has 0 spiro atoms. The van der Waals surface area contributed by atoms with Crippen molar-refractivity contribution in [3.63, 3.8) is 0 Å². The van der Waals surface area contributed by atoms with E-state index in [0.717, 1.165) is 23.3 Å². The molecule has 104 valence electrons. The molecule has 0 bridgehead atoms. The van der Waals surface area contributed by atoms with Crippen molar-refractivity contribution in [2.75, 3.05) is 6.61 Å². The molecular weight excluding hydrogens is 323 g/mol. The summed E-state index contributed by atoms with van der Waals surface area (Å²) in [5.41, 5.74) is 1.49. The number of rotatable bonds is 2. The van der Waals surface area contributed by atoms with E-state index in [2.05, 4.69) is 4.98 Å². The van der Waals surface area contributed by atoms with Crippen LogP contribution in [0.4, 0.5) is 0 Å². The van der Waals surface area contributed by atoms with Gasteiger partial charge in [-0.05, 0) is 17.7 Å². The molecule has 0 atom stereocenters. The summed E-state index contributed by atoms with van der Waals surface area (Å²) in [6, 6.07) is 3.66. The molecule has 0 saturated carbocycles. The third-order valence-electron chi connectivity index (χ3n) is 3.11. The molecule has 2 aromatic rings. The van der Waals surface area contributed by atoms with Crippen LogP contribution in [0.2, 0.25) is 15.2 Å². The zero-order chi connectivity index (χ0) is 14.3. The zero-order valence-corrected chi connectivity index (χ0v) is 12.5. The Balaban J connectivity index is 2.05. The van der Waals surface area contributed by atoms with Crippen LogP contribution in [0, 0.1) is 0 Å². The fraction of sp³-hybridized carbons (Fsp3) is 0.231. The van der Waals surface area contributed by atoms with E-state index in [9.17, 15) is 4.79 Å². The summed E-state index contributed by atoms with van der Waals surface area (Å²) in [5, 5.41) is 0.527. The van der Waals surface area contributed by atoms with Crippen LogP contribution in [0.15, 0.2) is 23.3 Å². The number of hydrogen-bond donors (Lipinski definition) is 0. The van der Waals surface area contributed by atoms with Crippen molar-refractivity contribution in [3.8, 4) is 5.75 Å². The molecule has 1 aliphatic rings. The molecule has 3 rings (SSSR count). The van der Waals surface area contributed by atoms with Gasteiger partial charge in [-0.25, -0.2) is 4.98 Å². The second kappa shape index (κ2) is 5.28. The Bertz CT molecular complexity index is 743. The minimum absolute atomic E-state index is 0.000453. The fourth-order valence-electron chi connectivity index (χ4n) is 2.20. The molecule has 0 fully saturated rings. The smallest absolute Gasteiger partial charge is 0.273 e. The van der Waals surface area contributed by atoms with Gasteiger partial charge in [-0.1, -0.05) is 34.8 Å². The van der Waals surface area contributed by atoms with E-state index < -0.39 is 5.56 Å². The number of halogens is 3. The Morgan fingerprint density at radius 3 is 2.90 bits per heavy atom. The Morgan fingerprint density at radius 2 is 2.10 bits per heavy atom. The lowest BCUT2D eigenvalue weighted by molar-refractivity contribution is 0.352. The number of benzene rings is 1. The molecule has 0 radical (unpaired) electrons. The normalized spacial score (nSPS) is 13.2. The Hall–Kier alpha value is -1.23. The van der Waals surface area contributed by atoms with E-state index in [1.165, 1.54) is 10.9 Å². The lowest BCUT2D eigenvalue weighted by Gasteiger charge is -2.11. The number of nitrogens with zero attached hydrogens (tertiary/aromatic N) is 2. The number of fused-ring (bicyclic) bond motifs is 1. The van der Waals surface area contributed by atoms with E-state index >= 15 is 0 Å². The highest BCUT2D eigenvalue weighted by atomic mass is 35.5. The van der Waals surface area contributed by atoms with Gasteiger partial charge in [-0.15, -0.1) is 0 Å². The topological polar surface area (TPSA) is 44.1 Å². The molecule has 7 heteroatoms. The summed E-state index contributed by atoms with van der Waals surface area (Å²) < 4.78 is 6.97. The molecule has 2 heterocycles. The Kier molecular flexibility index (Phi) is 3.63. The molecule has 4 nitrogen and oxygen atoms in total. The van der Waals surface area contributed by atoms with E-state index in [-0.39, 0.29) is 16.7 Å². The van der Waals surface area contributed by atoms with Gasteiger partial charge in [0.1, 0.15) is 10.8 Å². The molecule has 1 aromatic carbocycles. The van der Waals surface area contributed by atoms with Crippen LogP contribution in [0.1, 0.15) is 11.1 Å². The van der Waals surface area contributed by atoms with E-state index in [1.807, 2.05) is 6.07 Å². The van der Waals surface area contributed by atoms with Gasteiger partial charge in [0.05, 0.1) is 19.5 Å². The number of aromatic nitrogens is 2. The van der Waals surface area contributed by atoms with Crippen LogP contribution in [-0.4, -0.2) is 16.2 Å². The summed E-state index contributed by atoms with van der Waals surface area (Å²) in [4.78, 5) is 15.9. The van der Waals surface area contributed by atoms with Crippen molar-refractivity contribution < 1.29 is 4.74 Å². The SMILES string of the molecule is O=c1c(Cl)c(Cl)ncn1Cc1cc(Cl)cc2c1OCC2. The predicted octanol–water partition coefficient (Wildman–Crippen LogP) is 3.19. The quantitative estimate of drug-likeness (QED) is 0.794. The van der Waals surface area contributed by atoms with E-state index in [1.54, 1.807) is 6.07 Å². The third kappa shape index (κ3) is 2.39. The van der Waals surface area contributed by atoms with Crippen molar-refractivity contribution >= 4 is 34.8 Å². The Labute approximate surface area is 129 Å². The highest BCUT2D eigenvalue weighted by molar-refractivity contribution is 6.40. The van der Waals surface area contributed by atoms with Crippen LogP contribution in [0.25, 0.3) is 0 Å². The Morgan fingerprint density at radius 1 is 1.30 bits per heavy atom. The van der Waals surface area contributed by atoms with Crippen LogP contribution in [0.3, 0.4) is 0 Å². The van der Waals surface area contributed by atoms with Crippen molar-refractivity contribution in [2.45, 2.75) is 13.0 Å². The van der Waals surface area contributed by atoms with Gasteiger partial charge in [0.25, 0.3) is 5.56 Å². The molecule has 1 aromatic heterocycles. The monoisotopic (exact) mass is 330 g/mol. The first kappa shape index (κ1) is 13.7. The minimum atomic E-state index is -0.390. The summed E-state index contributed by atoms with van der Waals surface area (Å²) in [5.74, 6) is 0.785. The average molecular weight is 332 g/mol. The average Bonchev–Trinajstić information content (AvgIpc) is 2.87. The number of hydrogen-bond acceptors (Lipinski definition) is 3. The second-order valence-corrected chi connectivity index (χ2v) is 5.61. The highest BCUT2D eigenvalue weighted by Gasteiger charge is 2.18. The summed E-state index contributed by atoms with van der Waals surface area (Å²) in [7, 11) is 0. The molecule has 0 amide bonds. The maximum absolute atomic E-state index is 12.0. The van der Waals surface area contributed by atoms with Crippen molar-refractivity contribution in [1.82, 2.24) is 9.55 Å². The van der Waals surface area contributed by atoms with Gasteiger partial charge < -0.3 is 4.74 Å². The summed E-state index contributed by atoms with van der Waals surface area (Å²) >= 11 is 17.6. The van der Waals surface area contributed by atoms with E-state index in [0.29, 0.717) is 11.6 Å². The van der Waals surface area contributed by atoms with Crippen molar-refractivity contribution in [1.29, 1.82) is 0 Å². The molecule has 0 N–H and O–H groups in total. The lowest BCUT2D eigenvalue weighted by Crippen LogP contribution is -2.21. The van der Waals surface area contributed by atoms with Crippen molar-refractivity contribution in [3.05, 3.63) is 55.1 Å². The van der Waals surface area contributed by atoms with Crippen LogP contribution in [-0.2, 0) is 13.0 Å². The van der Waals surface area contributed by atoms with Crippen LogP contribution < -0.4 is 10.3 Å². The molecule has 0 aliphatic carbocycles. The lowest BCUT2D eigenvalue weighted by atomic mass is 10.1. The van der Waals surface area contributed by atoms with Gasteiger partial charge in [-0.3, -0.25) is 9.36 Å². The third-order valence-corrected chi connectivity index (χ3v) is 4.05. The van der Waals surface area contributed by atoms with Gasteiger partial charge in [-0.2, -0.15) is 0 Å². The first-order chi connectivity index (χ1) is 9.56. The van der Waals surface area contributed by atoms with Crippen LogP contribution >= 0.6 is 34.8 Å². The van der Waals surface area contributed by atoms with Crippen LogP contribution in [0.5, 0.6) is 5.75 Å². The van der Waals surface area contributed by atoms with Gasteiger partial charge in [0, 0.05) is 17.0 Å².